The summed E-state index contributed by atoms with van der Waals surface area (Å²) in [5, 5.41) is 2.26. The first-order valence-electron chi connectivity index (χ1n) is 26.3. The molecule has 1 heterocycles. The molecule has 2 aliphatic rings. The Morgan fingerprint density at radius 1 is 0.237 bits per heavy atom. The molecule has 13 aromatic rings. The third-order valence-electron chi connectivity index (χ3n) is 16.4. The van der Waals surface area contributed by atoms with Gasteiger partial charge in [-0.3, -0.25) is 0 Å². The van der Waals surface area contributed by atoms with Crippen LogP contribution in [-0.2, 0) is 10.8 Å². The Labute approximate surface area is 443 Å². The molecular formula is C74H49NO. The number of hydrogen-bond donors (Lipinski definition) is 0. The maximum Gasteiger partial charge on any atom is 0.135 e. The Balaban J connectivity index is 0.897. The Bertz CT molecular complexity index is 4240. The number of fused-ring (bicyclic) bond motifs is 9. The molecule has 1 aromatic heterocycles. The van der Waals surface area contributed by atoms with E-state index in [1.54, 1.807) is 0 Å². The molecule has 2 heteroatoms. The van der Waals surface area contributed by atoms with Crippen molar-refractivity contribution in [2.45, 2.75) is 10.8 Å². The van der Waals surface area contributed by atoms with Gasteiger partial charge in [0.2, 0.25) is 0 Å². The fourth-order valence-electron chi connectivity index (χ4n) is 13.2. The molecule has 0 aliphatic heterocycles. The molecule has 2 nitrogen and oxygen atoms in total. The molecule has 0 radical (unpaired) electrons. The van der Waals surface area contributed by atoms with Crippen LogP contribution in [0.5, 0.6) is 0 Å². The first-order chi connectivity index (χ1) is 37.7. The van der Waals surface area contributed by atoms with Crippen molar-refractivity contribution in [2.75, 3.05) is 4.90 Å². The molecule has 0 unspecified atom stereocenters. The number of furan rings is 1. The second-order valence-corrected chi connectivity index (χ2v) is 20.3. The number of benzene rings is 12. The smallest absolute Gasteiger partial charge is 0.135 e. The van der Waals surface area contributed by atoms with Crippen LogP contribution in [0.4, 0.5) is 17.1 Å². The summed E-state index contributed by atoms with van der Waals surface area (Å²) in [4.78, 5) is 2.45. The van der Waals surface area contributed by atoms with E-state index in [9.17, 15) is 0 Å². The van der Waals surface area contributed by atoms with Crippen molar-refractivity contribution in [2.24, 2.45) is 0 Å². The maximum absolute atomic E-state index is 6.19. The third-order valence-corrected chi connectivity index (χ3v) is 16.4. The van der Waals surface area contributed by atoms with Gasteiger partial charge in [0.05, 0.1) is 10.8 Å². The largest absolute Gasteiger partial charge is 0.456 e. The Morgan fingerprint density at radius 2 is 0.645 bits per heavy atom. The molecule has 0 bridgehead atoms. The zero-order chi connectivity index (χ0) is 50.2. The lowest BCUT2D eigenvalue weighted by Crippen LogP contribution is -2.29. The van der Waals surface area contributed by atoms with Gasteiger partial charge in [-0.25, -0.2) is 0 Å². The maximum atomic E-state index is 6.19. The topological polar surface area (TPSA) is 16.4 Å². The molecule has 2 aliphatic carbocycles. The standard InChI is InChI=1S/C74H49NO/c1-4-21-54(22-5-1)73(67-31-14-10-27-61(67)62-28-11-15-32-68(62)73)57-38-42-59(43-39-57)75(58-40-35-50(36-41-58)51-19-18-20-52(47-51)53-37-46-72-66(48-53)65-30-13-17-34-71(65)76-72)60-44-45-64-63-29-12-16-33-69(63)74(70(64)49-60,55-23-6-2-7-24-55)56-25-8-3-9-26-56/h1-49H. The van der Waals surface area contributed by atoms with E-state index in [1.165, 1.54) is 66.8 Å². The molecule has 76 heavy (non-hydrogen) atoms. The molecule has 12 aromatic carbocycles. The average molecular weight is 968 g/mol. The van der Waals surface area contributed by atoms with E-state index >= 15 is 0 Å². The highest BCUT2D eigenvalue weighted by Crippen LogP contribution is 2.59. The summed E-state index contributed by atoms with van der Waals surface area (Å²) in [7, 11) is 0. The zero-order valence-electron chi connectivity index (χ0n) is 41.6. The highest BCUT2D eigenvalue weighted by molar-refractivity contribution is 6.06. The molecular weight excluding hydrogens is 919 g/mol. The molecule has 0 spiro atoms. The second kappa shape index (κ2) is 17.4. The van der Waals surface area contributed by atoms with Gasteiger partial charge in [-0.2, -0.15) is 0 Å². The van der Waals surface area contributed by atoms with Gasteiger partial charge in [0.1, 0.15) is 11.2 Å². The summed E-state index contributed by atoms with van der Waals surface area (Å²) < 4.78 is 6.19. The third kappa shape index (κ3) is 6.54. The minimum absolute atomic E-state index is 0.504. The van der Waals surface area contributed by atoms with Crippen LogP contribution >= 0.6 is 0 Å². The molecule has 0 atom stereocenters. The number of anilines is 3. The van der Waals surface area contributed by atoms with Crippen molar-refractivity contribution in [3.63, 3.8) is 0 Å². The molecule has 0 amide bonds. The Hall–Kier alpha value is -9.76. The monoisotopic (exact) mass is 967 g/mol. The molecule has 0 fully saturated rings. The summed E-state index contributed by atoms with van der Waals surface area (Å²) in [5.74, 6) is 0. The van der Waals surface area contributed by atoms with Crippen molar-refractivity contribution in [1.82, 2.24) is 0 Å². The molecule has 15 rings (SSSR count). The van der Waals surface area contributed by atoms with Crippen LogP contribution in [0.3, 0.4) is 0 Å². The summed E-state index contributed by atoms with van der Waals surface area (Å²) in [6.45, 7) is 0. The normalized spacial score (nSPS) is 13.5. The van der Waals surface area contributed by atoms with E-state index in [4.69, 9.17) is 4.42 Å². The van der Waals surface area contributed by atoms with E-state index < -0.39 is 10.8 Å². The van der Waals surface area contributed by atoms with Crippen molar-refractivity contribution in [1.29, 1.82) is 0 Å². The average Bonchev–Trinajstić information content (AvgIpc) is 4.19. The molecule has 0 saturated carbocycles. The quantitative estimate of drug-likeness (QED) is 0.143. The van der Waals surface area contributed by atoms with Crippen LogP contribution in [0.15, 0.2) is 302 Å². The lowest BCUT2D eigenvalue weighted by molar-refractivity contribution is 0.669. The van der Waals surface area contributed by atoms with Gasteiger partial charge < -0.3 is 9.32 Å². The zero-order valence-corrected chi connectivity index (χ0v) is 41.6. The van der Waals surface area contributed by atoms with Gasteiger partial charge in [0.15, 0.2) is 0 Å². The minimum Gasteiger partial charge on any atom is -0.456 e. The fourth-order valence-corrected chi connectivity index (χ4v) is 13.2. The van der Waals surface area contributed by atoms with E-state index in [0.29, 0.717) is 0 Å². The number of nitrogens with zero attached hydrogens (tertiary/aromatic N) is 1. The first-order valence-corrected chi connectivity index (χ1v) is 26.3. The van der Waals surface area contributed by atoms with Crippen LogP contribution in [-0.4, -0.2) is 0 Å². The predicted molar refractivity (Wildman–Crippen MR) is 314 cm³/mol. The summed E-state index contributed by atoms with van der Waals surface area (Å²) in [5.41, 5.74) is 23.8. The van der Waals surface area contributed by atoms with Gasteiger partial charge in [-0.05, 0) is 150 Å². The Kier molecular flexibility index (Phi) is 10.0. The van der Waals surface area contributed by atoms with E-state index in [2.05, 4.69) is 290 Å². The van der Waals surface area contributed by atoms with Crippen LogP contribution in [0, 0.1) is 0 Å². The molecule has 0 N–H and O–H groups in total. The van der Waals surface area contributed by atoms with Gasteiger partial charge in [0.25, 0.3) is 0 Å². The highest BCUT2D eigenvalue weighted by atomic mass is 16.3. The Morgan fingerprint density at radius 3 is 1.22 bits per heavy atom. The van der Waals surface area contributed by atoms with Crippen LogP contribution in [0.1, 0.15) is 44.5 Å². The first kappa shape index (κ1) is 43.8. The summed E-state index contributed by atoms with van der Waals surface area (Å²) in [6, 6.07) is 110. The lowest BCUT2D eigenvalue weighted by Gasteiger charge is -2.35. The molecule has 356 valence electrons. The number of rotatable bonds is 9. The fraction of sp³-hybridized carbons (Fsp3) is 0.0270. The van der Waals surface area contributed by atoms with Crippen molar-refractivity contribution >= 4 is 39.0 Å². The number of hydrogen-bond acceptors (Lipinski definition) is 2. The van der Waals surface area contributed by atoms with E-state index in [0.717, 1.165) is 61.3 Å². The number of para-hydroxylation sites is 1. The van der Waals surface area contributed by atoms with Gasteiger partial charge >= 0.3 is 0 Å². The van der Waals surface area contributed by atoms with E-state index in [-0.39, 0.29) is 0 Å². The van der Waals surface area contributed by atoms with Crippen molar-refractivity contribution < 1.29 is 4.42 Å². The summed E-state index contributed by atoms with van der Waals surface area (Å²) >= 11 is 0. The van der Waals surface area contributed by atoms with E-state index in [1.807, 2.05) is 12.1 Å². The second-order valence-electron chi connectivity index (χ2n) is 20.3. The highest BCUT2D eigenvalue weighted by Gasteiger charge is 2.47. The SMILES string of the molecule is c1ccc(C2(c3ccc(N(c4ccc(-c5cccc(-c6ccc7oc8ccccc8c7c6)c5)cc4)c4ccc5c(c4)C(c4ccccc4)(c4ccccc4)c4ccccc4-5)cc3)c3ccccc3-c3ccccc32)cc1. The van der Waals surface area contributed by atoms with Crippen molar-refractivity contribution in [3.05, 3.63) is 342 Å². The summed E-state index contributed by atoms with van der Waals surface area (Å²) in [6.07, 6.45) is 0. The van der Waals surface area contributed by atoms with Gasteiger partial charge in [0, 0.05) is 27.8 Å². The van der Waals surface area contributed by atoms with Crippen molar-refractivity contribution in [3.8, 4) is 44.5 Å². The van der Waals surface area contributed by atoms with Gasteiger partial charge in [-0.1, -0.05) is 237 Å². The molecule has 0 saturated heterocycles. The van der Waals surface area contributed by atoms with Crippen LogP contribution < -0.4 is 4.90 Å². The predicted octanol–water partition coefficient (Wildman–Crippen LogP) is 19.1. The lowest BCUT2D eigenvalue weighted by atomic mass is 9.67. The van der Waals surface area contributed by atoms with Crippen LogP contribution in [0.25, 0.3) is 66.4 Å². The van der Waals surface area contributed by atoms with Gasteiger partial charge in [-0.15, -0.1) is 0 Å². The van der Waals surface area contributed by atoms with Crippen LogP contribution in [0.2, 0.25) is 0 Å². The minimum atomic E-state index is -0.546.